The lowest BCUT2D eigenvalue weighted by atomic mass is 9.84. The van der Waals surface area contributed by atoms with Gasteiger partial charge in [0.1, 0.15) is 5.83 Å². The molecular weight excluding hydrogens is 269 g/mol. The van der Waals surface area contributed by atoms with Crippen molar-refractivity contribution in [3.8, 4) is 6.07 Å². The molecule has 0 aromatic rings. The first-order valence-electron chi connectivity index (χ1n) is 5.56. The molecule has 0 rings (SSSR count). The molecule has 0 radical (unpaired) electrons. The van der Waals surface area contributed by atoms with Gasteiger partial charge in [-0.3, -0.25) is 0 Å². The molecule has 0 heterocycles. The second kappa shape index (κ2) is 8.52. The molecule has 0 saturated carbocycles. The average Bonchev–Trinajstić information content (AvgIpc) is 2.25. The maximum Gasteiger partial charge on any atom is 0.122 e. The molecule has 0 bridgehead atoms. The minimum atomic E-state index is -0.184. The fourth-order valence-electron chi connectivity index (χ4n) is 1.72. The highest BCUT2D eigenvalue weighted by Gasteiger charge is 2.19. The van der Waals surface area contributed by atoms with Gasteiger partial charge in [-0.2, -0.15) is 5.26 Å². The van der Waals surface area contributed by atoms with Crippen LogP contribution >= 0.6 is 15.9 Å². The summed E-state index contributed by atoms with van der Waals surface area (Å²) < 4.78 is 13.9. The van der Waals surface area contributed by atoms with Crippen LogP contribution in [0.25, 0.3) is 0 Å². The zero-order valence-corrected chi connectivity index (χ0v) is 11.7. The number of hydrogen-bond donors (Lipinski definition) is 0. The van der Waals surface area contributed by atoms with E-state index in [0.717, 1.165) is 5.57 Å². The summed E-state index contributed by atoms with van der Waals surface area (Å²) in [5, 5.41) is 9.41. The summed E-state index contributed by atoms with van der Waals surface area (Å²) in [4.78, 5) is 0. The van der Waals surface area contributed by atoms with Gasteiger partial charge in [-0.1, -0.05) is 42.8 Å². The Kier molecular flexibility index (Phi) is 8.19. The second-order valence-corrected chi connectivity index (χ2v) is 4.64. The zero-order chi connectivity index (χ0) is 12.6. The summed E-state index contributed by atoms with van der Waals surface area (Å²) in [7, 11) is 0. The maximum atomic E-state index is 13.9. The van der Waals surface area contributed by atoms with Gasteiger partial charge in [0, 0.05) is 11.8 Å². The Hall–Kier alpha value is -0.620. The number of rotatable bonds is 6. The van der Waals surface area contributed by atoms with Gasteiger partial charge in [0.15, 0.2) is 0 Å². The number of allylic oxidation sites excluding steroid dienone is 4. The summed E-state index contributed by atoms with van der Waals surface area (Å²) in [6.45, 7) is 5.99. The molecule has 0 saturated heterocycles. The van der Waals surface area contributed by atoms with Crippen LogP contribution in [0.5, 0.6) is 0 Å². The second-order valence-electron chi connectivity index (χ2n) is 4.00. The highest BCUT2D eigenvalue weighted by molar-refractivity contribution is 9.09. The van der Waals surface area contributed by atoms with E-state index in [1.165, 1.54) is 6.08 Å². The van der Waals surface area contributed by atoms with Crippen LogP contribution in [-0.4, -0.2) is 5.33 Å². The van der Waals surface area contributed by atoms with Gasteiger partial charge in [-0.05, 0) is 29.9 Å². The summed E-state index contributed by atoms with van der Waals surface area (Å²) in [5.74, 6) is 0.128. The van der Waals surface area contributed by atoms with Gasteiger partial charge >= 0.3 is 0 Å². The van der Waals surface area contributed by atoms with E-state index in [-0.39, 0.29) is 17.7 Å². The van der Waals surface area contributed by atoms with Crippen LogP contribution in [0.15, 0.2) is 23.6 Å². The Morgan fingerprint density at radius 1 is 1.50 bits per heavy atom. The molecule has 1 atom stereocenters. The predicted octanol–water partition coefficient (Wildman–Crippen LogP) is 4.76. The first-order valence-corrected chi connectivity index (χ1v) is 6.68. The Bertz CT molecular complexity index is 300. The normalized spacial score (nSPS) is 15.1. The average molecular weight is 288 g/mol. The molecule has 0 aliphatic carbocycles. The van der Waals surface area contributed by atoms with Crippen molar-refractivity contribution in [2.24, 2.45) is 11.8 Å². The third kappa shape index (κ3) is 4.94. The van der Waals surface area contributed by atoms with Crippen molar-refractivity contribution >= 4 is 15.9 Å². The number of nitriles is 1. The number of nitrogens with zero attached hydrogens (tertiary/aromatic N) is 1. The van der Waals surface area contributed by atoms with Gasteiger partial charge in [0.25, 0.3) is 0 Å². The molecule has 0 aliphatic rings. The van der Waals surface area contributed by atoms with Crippen molar-refractivity contribution in [2.45, 2.75) is 33.6 Å². The van der Waals surface area contributed by atoms with E-state index in [0.29, 0.717) is 18.2 Å². The molecule has 90 valence electrons. The first-order chi connectivity index (χ1) is 7.58. The molecule has 3 heteroatoms. The summed E-state index contributed by atoms with van der Waals surface area (Å²) >= 11 is 3.22. The summed E-state index contributed by atoms with van der Waals surface area (Å²) in [6.07, 6.45) is 4.26. The standard InChI is InChI=1S/C13H19BrFN/c1-4-11(13(15)6-5-8-14)12(7-9-16)10(2)3/h5-6,10,12H,4,7-8H2,1-3H3/b6-5-,13-11-/t12-/m0/s1. The van der Waals surface area contributed by atoms with E-state index in [1.807, 2.05) is 20.8 Å². The van der Waals surface area contributed by atoms with Crippen molar-refractivity contribution in [3.05, 3.63) is 23.6 Å². The predicted molar refractivity (Wildman–Crippen MR) is 69.9 cm³/mol. The van der Waals surface area contributed by atoms with E-state index in [4.69, 9.17) is 5.26 Å². The number of halogens is 2. The number of hydrogen-bond acceptors (Lipinski definition) is 1. The van der Waals surface area contributed by atoms with E-state index in [1.54, 1.807) is 6.08 Å². The highest BCUT2D eigenvalue weighted by Crippen LogP contribution is 2.29. The summed E-state index contributed by atoms with van der Waals surface area (Å²) in [6, 6.07) is 2.14. The van der Waals surface area contributed by atoms with Crippen LogP contribution in [0.4, 0.5) is 4.39 Å². The van der Waals surface area contributed by atoms with E-state index in [9.17, 15) is 4.39 Å². The minimum absolute atomic E-state index is 0.0231. The Labute approximate surface area is 106 Å². The Morgan fingerprint density at radius 2 is 2.12 bits per heavy atom. The molecule has 0 unspecified atom stereocenters. The fourth-order valence-corrected chi connectivity index (χ4v) is 1.91. The molecular formula is C13H19BrFN. The van der Waals surface area contributed by atoms with Gasteiger partial charge in [0.2, 0.25) is 0 Å². The smallest absolute Gasteiger partial charge is 0.122 e. The molecule has 0 N–H and O–H groups in total. The van der Waals surface area contributed by atoms with E-state index < -0.39 is 0 Å². The molecule has 1 nitrogen and oxygen atoms in total. The van der Waals surface area contributed by atoms with Crippen LogP contribution in [0.1, 0.15) is 33.6 Å². The quantitative estimate of drug-likeness (QED) is 0.511. The third-order valence-electron chi connectivity index (χ3n) is 2.60. The Balaban J connectivity index is 5.05. The number of alkyl halides is 1. The minimum Gasteiger partial charge on any atom is -0.207 e. The van der Waals surface area contributed by atoms with Gasteiger partial charge in [0.05, 0.1) is 6.07 Å². The Morgan fingerprint density at radius 3 is 2.50 bits per heavy atom. The molecule has 0 aromatic carbocycles. The first kappa shape index (κ1) is 15.4. The van der Waals surface area contributed by atoms with Crippen molar-refractivity contribution in [1.82, 2.24) is 0 Å². The lowest BCUT2D eigenvalue weighted by Crippen LogP contribution is -2.12. The molecule has 0 aliphatic heterocycles. The topological polar surface area (TPSA) is 23.8 Å². The van der Waals surface area contributed by atoms with Crippen LogP contribution < -0.4 is 0 Å². The van der Waals surface area contributed by atoms with E-state index in [2.05, 4.69) is 22.0 Å². The SMILES string of the molecule is CC/C(=C(F)\C=C/CBr)[C@@H](CC#N)C(C)C. The van der Waals surface area contributed by atoms with Crippen LogP contribution in [0.2, 0.25) is 0 Å². The highest BCUT2D eigenvalue weighted by atomic mass is 79.9. The molecule has 16 heavy (non-hydrogen) atoms. The summed E-state index contributed by atoms with van der Waals surface area (Å²) in [5.41, 5.74) is 0.758. The van der Waals surface area contributed by atoms with Crippen LogP contribution in [0, 0.1) is 23.2 Å². The monoisotopic (exact) mass is 287 g/mol. The van der Waals surface area contributed by atoms with Gasteiger partial charge in [-0.15, -0.1) is 0 Å². The van der Waals surface area contributed by atoms with E-state index >= 15 is 0 Å². The van der Waals surface area contributed by atoms with Gasteiger partial charge < -0.3 is 0 Å². The largest absolute Gasteiger partial charge is 0.207 e. The fraction of sp³-hybridized carbons (Fsp3) is 0.615. The van der Waals surface area contributed by atoms with Crippen LogP contribution in [-0.2, 0) is 0 Å². The van der Waals surface area contributed by atoms with Gasteiger partial charge in [-0.25, -0.2) is 4.39 Å². The molecule has 0 aromatic heterocycles. The van der Waals surface area contributed by atoms with Crippen molar-refractivity contribution in [1.29, 1.82) is 5.26 Å². The van der Waals surface area contributed by atoms with Crippen molar-refractivity contribution in [2.75, 3.05) is 5.33 Å². The zero-order valence-electron chi connectivity index (χ0n) is 10.1. The van der Waals surface area contributed by atoms with Crippen molar-refractivity contribution in [3.63, 3.8) is 0 Å². The molecule has 0 spiro atoms. The lowest BCUT2D eigenvalue weighted by molar-refractivity contribution is 0.427. The van der Waals surface area contributed by atoms with Crippen LogP contribution in [0.3, 0.4) is 0 Å². The third-order valence-corrected chi connectivity index (χ3v) is 2.98. The maximum absolute atomic E-state index is 13.9. The molecule has 0 amide bonds. The van der Waals surface area contributed by atoms with Crippen molar-refractivity contribution < 1.29 is 4.39 Å². The lowest BCUT2D eigenvalue weighted by Gasteiger charge is -2.21. The molecule has 0 fully saturated rings.